The van der Waals surface area contributed by atoms with Gasteiger partial charge in [0.15, 0.2) is 0 Å². The molecule has 0 aromatic heterocycles. The Hall–Kier alpha value is -1.39. The fourth-order valence-electron chi connectivity index (χ4n) is 2.86. The van der Waals surface area contributed by atoms with Crippen molar-refractivity contribution in [2.24, 2.45) is 0 Å². The van der Waals surface area contributed by atoms with E-state index in [0.717, 1.165) is 31.7 Å². The number of carbonyl (C=O) groups excluding carboxylic acids is 1. The van der Waals surface area contributed by atoms with Crippen molar-refractivity contribution in [2.75, 3.05) is 26.2 Å². The zero-order chi connectivity index (χ0) is 12.5. The molecule has 2 heterocycles. The fraction of sp³-hybridized carbons (Fsp3) is 0.500. The van der Waals surface area contributed by atoms with Crippen LogP contribution in [0.5, 0.6) is 0 Å². The number of hydrogen-bond donors (Lipinski definition) is 2. The van der Waals surface area contributed by atoms with Crippen LogP contribution in [0.4, 0.5) is 0 Å². The molecule has 96 valence electrons. The molecule has 2 N–H and O–H groups in total. The van der Waals surface area contributed by atoms with Gasteiger partial charge in [-0.3, -0.25) is 9.69 Å². The normalized spacial score (nSPS) is 28.6. The number of benzene rings is 1. The minimum atomic E-state index is -0.119. The molecule has 0 bridgehead atoms. The summed E-state index contributed by atoms with van der Waals surface area (Å²) in [6, 6.07) is 8.60. The number of fused-ring (bicyclic) bond motifs is 1. The highest BCUT2D eigenvalue weighted by molar-refractivity contribution is 5.84. The molecule has 0 aliphatic carbocycles. The molecule has 2 atom stereocenters. The van der Waals surface area contributed by atoms with Gasteiger partial charge in [0.2, 0.25) is 5.91 Å². The third kappa shape index (κ3) is 2.02. The molecule has 1 aromatic rings. The Balaban J connectivity index is 1.91. The van der Waals surface area contributed by atoms with Crippen molar-refractivity contribution in [3.63, 3.8) is 0 Å². The average molecular weight is 245 g/mol. The lowest BCUT2D eigenvalue weighted by molar-refractivity contribution is -0.132. The van der Waals surface area contributed by atoms with Gasteiger partial charge in [0.05, 0.1) is 0 Å². The van der Waals surface area contributed by atoms with Gasteiger partial charge in [-0.05, 0) is 12.5 Å². The molecule has 2 aliphatic heterocycles. The first kappa shape index (κ1) is 11.7. The monoisotopic (exact) mass is 245 g/mol. The van der Waals surface area contributed by atoms with Gasteiger partial charge < -0.3 is 10.6 Å². The van der Waals surface area contributed by atoms with Crippen LogP contribution in [0.2, 0.25) is 0 Å². The second kappa shape index (κ2) is 4.71. The van der Waals surface area contributed by atoms with Gasteiger partial charge in [0, 0.05) is 32.2 Å². The van der Waals surface area contributed by atoms with E-state index in [9.17, 15) is 4.79 Å². The molecule has 18 heavy (non-hydrogen) atoms. The summed E-state index contributed by atoms with van der Waals surface area (Å²) in [5.41, 5.74) is 2.33. The van der Waals surface area contributed by atoms with Crippen LogP contribution < -0.4 is 10.6 Å². The third-order valence-corrected chi connectivity index (χ3v) is 3.88. The Morgan fingerprint density at radius 2 is 2.00 bits per heavy atom. The van der Waals surface area contributed by atoms with E-state index in [0.29, 0.717) is 6.04 Å². The number of rotatable bonds is 1. The number of aryl methyl sites for hydroxylation is 1. The Morgan fingerprint density at radius 1 is 1.22 bits per heavy atom. The predicted octanol–water partition coefficient (Wildman–Crippen LogP) is 0.440. The summed E-state index contributed by atoms with van der Waals surface area (Å²) in [6.45, 7) is 5.69. The first-order valence-corrected chi connectivity index (χ1v) is 6.56. The third-order valence-electron chi connectivity index (χ3n) is 3.88. The van der Waals surface area contributed by atoms with E-state index in [4.69, 9.17) is 0 Å². The standard InChI is InChI=1S/C14H19N3O/c1-10-2-4-11(5-3-10)13-14(18)16-9-12-8-15-6-7-17(12)13/h2-5,12-13,15H,6-9H2,1H3,(H,16,18). The Morgan fingerprint density at radius 3 is 2.78 bits per heavy atom. The molecule has 2 aliphatic rings. The van der Waals surface area contributed by atoms with Crippen molar-refractivity contribution in [1.82, 2.24) is 15.5 Å². The first-order valence-electron chi connectivity index (χ1n) is 6.56. The summed E-state index contributed by atoms with van der Waals surface area (Å²) >= 11 is 0. The van der Waals surface area contributed by atoms with Gasteiger partial charge in [-0.2, -0.15) is 0 Å². The van der Waals surface area contributed by atoms with Crippen LogP contribution in [0.3, 0.4) is 0 Å². The van der Waals surface area contributed by atoms with Crippen molar-refractivity contribution in [2.45, 2.75) is 19.0 Å². The van der Waals surface area contributed by atoms with Crippen LogP contribution in [-0.2, 0) is 4.79 Å². The molecule has 4 heteroatoms. The van der Waals surface area contributed by atoms with Crippen molar-refractivity contribution < 1.29 is 4.79 Å². The molecule has 2 fully saturated rings. The molecule has 1 amide bonds. The minimum absolute atomic E-state index is 0.119. The first-order chi connectivity index (χ1) is 8.75. The Kier molecular flexibility index (Phi) is 3.06. The van der Waals surface area contributed by atoms with Crippen LogP contribution in [0.15, 0.2) is 24.3 Å². The zero-order valence-electron chi connectivity index (χ0n) is 10.6. The summed E-state index contributed by atoms with van der Waals surface area (Å²) in [5.74, 6) is 0.136. The second-order valence-corrected chi connectivity index (χ2v) is 5.15. The Bertz CT molecular complexity index is 443. The second-order valence-electron chi connectivity index (χ2n) is 5.15. The highest BCUT2D eigenvalue weighted by Gasteiger charge is 2.38. The molecule has 1 aromatic carbocycles. The molecule has 0 spiro atoms. The van der Waals surface area contributed by atoms with Crippen LogP contribution in [-0.4, -0.2) is 43.0 Å². The molecule has 0 saturated carbocycles. The number of amides is 1. The summed E-state index contributed by atoms with van der Waals surface area (Å²) < 4.78 is 0. The van der Waals surface area contributed by atoms with E-state index in [1.54, 1.807) is 0 Å². The molecule has 2 unspecified atom stereocenters. The number of nitrogens with one attached hydrogen (secondary N) is 2. The maximum atomic E-state index is 12.2. The molecular weight excluding hydrogens is 226 g/mol. The topological polar surface area (TPSA) is 44.4 Å². The molecule has 0 radical (unpaired) electrons. The van der Waals surface area contributed by atoms with Crippen molar-refractivity contribution in [3.05, 3.63) is 35.4 Å². The quantitative estimate of drug-likeness (QED) is 0.754. The van der Waals surface area contributed by atoms with Crippen LogP contribution in [0.25, 0.3) is 0 Å². The summed E-state index contributed by atoms with van der Waals surface area (Å²) in [4.78, 5) is 14.5. The average Bonchev–Trinajstić information content (AvgIpc) is 2.40. The van der Waals surface area contributed by atoms with E-state index >= 15 is 0 Å². The number of piperazine rings is 2. The van der Waals surface area contributed by atoms with Crippen LogP contribution in [0, 0.1) is 6.92 Å². The van der Waals surface area contributed by atoms with E-state index in [-0.39, 0.29) is 11.9 Å². The summed E-state index contributed by atoms with van der Waals surface area (Å²) in [7, 11) is 0. The molecule has 3 rings (SSSR count). The Labute approximate surface area is 107 Å². The highest BCUT2D eigenvalue weighted by atomic mass is 16.2. The lowest BCUT2D eigenvalue weighted by atomic mass is 9.97. The SMILES string of the molecule is Cc1ccc(C2C(=O)NCC3CNCCN32)cc1. The lowest BCUT2D eigenvalue weighted by Crippen LogP contribution is -2.63. The van der Waals surface area contributed by atoms with E-state index in [1.807, 2.05) is 0 Å². The summed E-state index contributed by atoms with van der Waals surface area (Å²) in [6.07, 6.45) is 0. The van der Waals surface area contributed by atoms with Gasteiger partial charge in [0.25, 0.3) is 0 Å². The predicted molar refractivity (Wildman–Crippen MR) is 70.3 cm³/mol. The minimum Gasteiger partial charge on any atom is -0.353 e. The van der Waals surface area contributed by atoms with E-state index < -0.39 is 0 Å². The molecular formula is C14H19N3O. The lowest BCUT2D eigenvalue weighted by Gasteiger charge is -2.44. The maximum Gasteiger partial charge on any atom is 0.242 e. The van der Waals surface area contributed by atoms with Gasteiger partial charge >= 0.3 is 0 Å². The largest absolute Gasteiger partial charge is 0.353 e. The fourth-order valence-corrected chi connectivity index (χ4v) is 2.86. The smallest absolute Gasteiger partial charge is 0.242 e. The zero-order valence-corrected chi connectivity index (χ0v) is 10.6. The maximum absolute atomic E-state index is 12.2. The summed E-state index contributed by atoms with van der Waals surface area (Å²) in [5, 5.41) is 6.41. The molecule has 2 saturated heterocycles. The highest BCUT2D eigenvalue weighted by Crippen LogP contribution is 2.27. The van der Waals surface area contributed by atoms with Gasteiger partial charge in [-0.25, -0.2) is 0 Å². The van der Waals surface area contributed by atoms with E-state index in [2.05, 4.69) is 46.7 Å². The number of carbonyl (C=O) groups is 1. The van der Waals surface area contributed by atoms with Crippen molar-refractivity contribution >= 4 is 5.91 Å². The van der Waals surface area contributed by atoms with Crippen molar-refractivity contribution in [1.29, 1.82) is 0 Å². The van der Waals surface area contributed by atoms with Crippen LogP contribution in [0.1, 0.15) is 17.2 Å². The van der Waals surface area contributed by atoms with Gasteiger partial charge in [0.1, 0.15) is 6.04 Å². The number of hydrogen-bond acceptors (Lipinski definition) is 3. The van der Waals surface area contributed by atoms with Crippen molar-refractivity contribution in [3.8, 4) is 0 Å². The number of nitrogens with zero attached hydrogens (tertiary/aromatic N) is 1. The van der Waals surface area contributed by atoms with Crippen LogP contribution >= 0.6 is 0 Å². The molecule has 4 nitrogen and oxygen atoms in total. The van der Waals surface area contributed by atoms with E-state index in [1.165, 1.54) is 5.56 Å². The van der Waals surface area contributed by atoms with Gasteiger partial charge in [-0.1, -0.05) is 29.8 Å². The van der Waals surface area contributed by atoms with Gasteiger partial charge in [-0.15, -0.1) is 0 Å².